The molecule has 1 aromatic heterocycles. The lowest BCUT2D eigenvalue weighted by Crippen LogP contribution is -2.39. The third-order valence-electron chi connectivity index (χ3n) is 6.80. The second kappa shape index (κ2) is 7.42. The Morgan fingerprint density at radius 3 is 2.13 bits per heavy atom. The summed E-state index contributed by atoms with van der Waals surface area (Å²) in [7, 11) is 0. The van der Waals surface area contributed by atoms with Gasteiger partial charge in [-0.1, -0.05) is 55.8 Å². The summed E-state index contributed by atoms with van der Waals surface area (Å²) in [5.41, 5.74) is 7.73. The molecule has 0 N–H and O–H groups in total. The summed E-state index contributed by atoms with van der Waals surface area (Å²) in [6.45, 7) is 10.8. The van der Waals surface area contributed by atoms with Crippen molar-refractivity contribution >= 4 is 11.6 Å². The predicted molar refractivity (Wildman–Crippen MR) is 123 cm³/mol. The fourth-order valence-electron chi connectivity index (χ4n) is 4.41. The summed E-state index contributed by atoms with van der Waals surface area (Å²) in [6.07, 6.45) is 4.30. The fraction of sp³-hybridized carbons (Fsp3) is 0.385. The van der Waals surface area contributed by atoms with Crippen LogP contribution in [0.5, 0.6) is 0 Å². The maximum atomic E-state index is 4.89. The monoisotopic (exact) mass is 398 g/mol. The van der Waals surface area contributed by atoms with Crippen molar-refractivity contribution in [2.45, 2.75) is 45.6 Å². The van der Waals surface area contributed by atoms with Crippen LogP contribution in [0.25, 0.3) is 0 Å². The third-order valence-corrected chi connectivity index (χ3v) is 6.80. The van der Waals surface area contributed by atoms with Crippen molar-refractivity contribution in [3.8, 4) is 0 Å². The van der Waals surface area contributed by atoms with Crippen molar-refractivity contribution < 1.29 is 0 Å². The highest BCUT2D eigenvalue weighted by Gasteiger charge is 2.25. The van der Waals surface area contributed by atoms with E-state index in [1.54, 1.807) is 0 Å². The van der Waals surface area contributed by atoms with E-state index in [-0.39, 0.29) is 5.41 Å². The zero-order chi connectivity index (χ0) is 20.7. The number of nitrogens with zero attached hydrogens (tertiary/aromatic N) is 4. The molecule has 4 heteroatoms. The highest BCUT2D eigenvalue weighted by Crippen LogP contribution is 2.33. The number of benzene rings is 2. The SMILES string of the molecule is Cc1ccc(C(C)(C)c2ccc(N3CCc4cnc(N5CCC5)nc4C3)cc2)cc1. The molecule has 154 valence electrons. The third kappa shape index (κ3) is 3.45. The van der Waals surface area contributed by atoms with Crippen molar-refractivity contribution in [3.63, 3.8) is 0 Å². The molecule has 0 aliphatic carbocycles. The Morgan fingerprint density at radius 1 is 0.833 bits per heavy atom. The molecule has 3 heterocycles. The van der Waals surface area contributed by atoms with Gasteiger partial charge in [0.15, 0.2) is 0 Å². The van der Waals surface area contributed by atoms with E-state index in [9.17, 15) is 0 Å². The first-order valence-electron chi connectivity index (χ1n) is 11.0. The van der Waals surface area contributed by atoms with Crippen LogP contribution in [0.4, 0.5) is 11.6 Å². The van der Waals surface area contributed by atoms with Crippen LogP contribution in [0.2, 0.25) is 0 Å². The molecule has 1 fully saturated rings. The minimum absolute atomic E-state index is 0.0138. The Bertz CT molecular complexity index is 1030. The van der Waals surface area contributed by atoms with Crippen molar-refractivity contribution in [2.24, 2.45) is 0 Å². The minimum Gasteiger partial charge on any atom is -0.365 e. The van der Waals surface area contributed by atoms with E-state index in [1.807, 2.05) is 6.20 Å². The van der Waals surface area contributed by atoms with E-state index >= 15 is 0 Å². The molecular formula is C26H30N4. The normalized spacial score (nSPS) is 16.2. The Hall–Kier alpha value is -2.88. The van der Waals surface area contributed by atoms with Gasteiger partial charge in [0.2, 0.25) is 5.95 Å². The largest absolute Gasteiger partial charge is 0.365 e. The van der Waals surface area contributed by atoms with Gasteiger partial charge in [0.05, 0.1) is 12.2 Å². The van der Waals surface area contributed by atoms with Gasteiger partial charge < -0.3 is 9.80 Å². The van der Waals surface area contributed by atoms with Gasteiger partial charge in [0.25, 0.3) is 0 Å². The maximum absolute atomic E-state index is 4.89. The van der Waals surface area contributed by atoms with Crippen LogP contribution in [0.15, 0.2) is 54.7 Å². The molecule has 0 saturated carbocycles. The zero-order valence-electron chi connectivity index (χ0n) is 18.2. The molecule has 5 rings (SSSR count). The molecule has 0 atom stereocenters. The van der Waals surface area contributed by atoms with Crippen LogP contribution >= 0.6 is 0 Å². The summed E-state index contributed by atoms with van der Waals surface area (Å²) in [4.78, 5) is 14.2. The number of rotatable bonds is 4. The Balaban J connectivity index is 1.35. The number of hydrogen-bond acceptors (Lipinski definition) is 4. The molecule has 0 amide bonds. The van der Waals surface area contributed by atoms with Crippen molar-refractivity contribution in [3.05, 3.63) is 82.7 Å². The van der Waals surface area contributed by atoms with Crippen molar-refractivity contribution in [2.75, 3.05) is 29.4 Å². The van der Waals surface area contributed by atoms with Gasteiger partial charge in [0, 0.05) is 36.9 Å². The van der Waals surface area contributed by atoms with Crippen molar-refractivity contribution in [1.82, 2.24) is 9.97 Å². The Labute approximate surface area is 179 Å². The van der Waals surface area contributed by atoms with E-state index in [0.717, 1.165) is 38.5 Å². The lowest BCUT2D eigenvalue weighted by Gasteiger charge is -2.34. The van der Waals surface area contributed by atoms with Crippen LogP contribution < -0.4 is 9.80 Å². The van der Waals surface area contributed by atoms with E-state index in [0.29, 0.717) is 0 Å². The summed E-state index contributed by atoms with van der Waals surface area (Å²) in [6, 6.07) is 18.0. The van der Waals surface area contributed by atoms with Gasteiger partial charge in [0.1, 0.15) is 0 Å². The number of aromatic nitrogens is 2. The standard InChI is InChI=1S/C26H30N4/c1-19-5-7-21(8-6-19)26(2,3)22-9-11-23(12-10-22)30-16-13-20-17-27-25(28-24(20)18-30)29-14-4-15-29/h5-12,17H,4,13-16,18H2,1-3H3. The second-order valence-electron chi connectivity index (χ2n) is 9.19. The summed E-state index contributed by atoms with van der Waals surface area (Å²) >= 11 is 0. The van der Waals surface area contributed by atoms with Crippen LogP contribution in [-0.4, -0.2) is 29.6 Å². The van der Waals surface area contributed by atoms with E-state index in [2.05, 4.69) is 84.1 Å². The van der Waals surface area contributed by atoms with Gasteiger partial charge in [-0.2, -0.15) is 0 Å². The summed E-state index contributed by atoms with van der Waals surface area (Å²) < 4.78 is 0. The fourth-order valence-corrected chi connectivity index (χ4v) is 4.41. The first-order chi connectivity index (χ1) is 14.5. The van der Waals surface area contributed by atoms with E-state index in [1.165, 1.54) is 40.1 Å². The highest BCUT2D eigenvalue weighted by molar-refractivity contribution is 5.52. The Kier molecular flexibility index (Phi) is 4.73. The molecule has 2 aliphatic rings. The molecule has 0 radical (unpaired) electrons. The summed E-state index contributed by atoms with van der Waals surface area (Å²) in [5, 5.41) is 0. The molecule has 0 spiro atoms. The zero-order valence-corrected chi connectivity index (χ0v) is 18.2. The van der Waals surface area contributed by atoms with Gasteiger partial charge in [-0.3, -0.25) is 0 Å². The van der Waals surface area contributed by atoms with E-state index in [4.69, 9.17) is 4.98 Å². The number of fused-ring (bicyclic) bond motifs is 1. The summed E-state index contributed by atoms with van der Waals surface area (Å²) in [5.74, 6) is 0.900. The average Bonchev–Trinajstić information content (AvgIpc) is 2.72. The first kappa shape index (κ1) is 19.1. The lowest BCUT2D eigenvalue weighted by atomic mass is 9.78. The highest BCUT2D eigenvalue weighted by atomic mass is 15.3. The molecule has 2 aromatic carbocycles. The van der Waals surface area contributed by atoms with Gasteiger partial charge in [-0.25, -0.2) is 9.97 Å². The average molecular weight is 399 g/mol. The van der Waals surface area contributed by atoms with Gasteiger partial charge >= 0.3 is 0 Å². The number of hydrogen-bond donors (Lipinski definition) is 0. The second-order valence-corrected chi connectivity index (χ2v) is 9.19. The van der Waals surface area contributed by atoms with Crippen LogP contribution in [0, 0.1) is 6.92 Å². The molecule has 2 aliphatic heterocycles. The first-order valence-corrected chi connectivity index (χ1v) is 11.0. The van der Waals surface area contributed by atoms with Gasteiger partial charge in [-0.05, 0) is 48.6 Å². The quantitative estimate of drug-likeness (QED) is 0.627. The molecule has 4 nitrogen and oxygen atoms in total. The molecule has 0 bridgehead atoms. The van der Waals surface area contributed by atoms with Crippen molar-refractivity contribution in [1.29, 1.82) is 0 Å². The Morgan fingerprint density at radius 2 is 1.50 bits per heavy atom. The maximum Gasteiger partial charge on any atom is 0.225 e. The smallest absolute Gasteiger partial charge is 0.225 e. The van der Waals surface area contributed by atoms with E-state index < -0.39 is 0 Å². The van der Waals surface area contributed by atoms with Crippen LogP contribution in [0.1, 0.15) is 48.2 Å². The number of anilines is 2. The van der Waals surface area contributed by atoms with Gasteiger partial charge in [-0.15, -0.1) is 0 Å². The molecule has 0 unspecified atom stereocenters. The molecular weight excluding hydrogens is 368 g/mol. The molecule has 30 heavy (non-hydrogen) atoms. The molecule has 1 saturated heterocycles. The van der Waals surface area contributed by atoms with Crippen LogP contribution in [-0.2, 0) is 18.4 Å². The minimum atomic E-state index is -0.0138. The topological polar surface area (TPSA) is 32.3 Å². The predicted octanol–water partition coefficient (Wildman–Crippen LogP) is 4.88. The number of aryl methyl sites for hydroxylation is 1. The van der Waals surface area contributed by atoms with Crippen LogP contribution in [0.3, 0.4) is 0 Å². The molecule has 3 aromatic rings. The lowest BCUT2D eigenvalue weighted by molar-refractivity contribution is 0.593.